The number of rotatable bonds is 6. The van der Waals surface area contributed by atoms with Crippen molar-refractivity contribution >= 4 is 23.0 Å². The summed E-state index contributed by atoms with van der Waals surface area (Å²) < 4.78 is 5.36. The maximum Gasteiger partial charge on any atom is 0.170 e. The molecule has 2 aromatic rings. The van der Waals surface area contributed by atoms with Crippen LogP contribution in [0.15, 0.2) is 42.5 Å². The predicted octanol–water partition coefficient (Wildman–Crippen LogP) is 4.23. The molecule has 3 nitrogen and oxygen atoms in total. The molecule has 0 aliphatic heterocycles. The summed E-state index contributed by atoms with van der Waals surface area (Å²) in [5.74, 6) is 0.948. The van der Waals surface area contributed by atoms with Crippen LogP contribution in [-0.2, 0) is 6.42 Å². The minimum absolute atomic E-state index is 0.660. The maximum atomic E-state index is 5.36. The van der Waals surface area contributed by atoms with E-state index in [1.54, 1.807) is 7.11 Å². The fourth-order valence-electron chi connectivity index (χ4n) is 2.38. The minimum Gasteiger partial charge on any atom is -0.496 e. The van der Waals surface area contributed by atoms with Crippen molar-refractivity contribution in [3.05, 3.63) is 59.2 Å². The minimum atomic E-state index is 0.660. The zero-order chi connectivity index (χ0) is 16.7. The Balaban J connectivity index is 1.75. The molecule has 0 atom stereocenters. The molecule has 0 bridgehead atoms. The van der Waals surface area contributed by atoms with Crippen molar-refractivity contribution in [2.24, 2.45) is 0 Å². The van der Waals surface area contributed by atoms with Gasteiger partial charge in [-0.25, -0.2) is 0 Å². The van der Waals surface area contributed by atoms with E-state index in [2.05, 4.69) is 42.7 Å². The SMILES string of the molecule is COc1ccccc1CCCNC(=S)Nc1ccc(C)c(C)c1. The van der Waals surface area contributed by atoms with E-state index in [-0.39, 0.29) is 0 Å². The Labute approximate surface area is 144 Å². The number of nitrogens with one attached hydrogen (secondary N) is 2. The molecule has 0 spiro atoms. The van der Waals surface area contributed by atoms with Gasteiger partial charge in [-0.2, -0.15) is 0 Å². The van der Waals surface area contributed by atoms with Crippen molar-refractivity contribution < 1.29 is 4.74 Å². The molecule has 0 amide bonds. The Kier molecular flexibility index (Phi) is 6.41. The third-order valence-electron chi connectivity index (χ3n) is 3.87. The molecule has 0 radical (unpaired) electrons. The Hall–Kier alpha value is -2.07. The first-order valence-corrected chi connectivity index (χ1v) is 8.25. The number of methoxy groups -OCH3 is 1. The average Bonchev–Trinajstić information content (AvgIpc) is 2.55. The highest BCUT2D eigenvalue weighted by Crippen LogP contribution is 2.18. The Morgan fingerprint density at radius 2 is 1.87 bits per heavy atom. The summed E-state index contributed by atoms with van der Waals surface area (Å²) in [6.07, 6.45) is 1.96. The lowest BCUT2D eigenvalue weighted by Gasteiger charge is -2.12. The molecule has 0 saturated heterocycles. The lowest BCUT2D eigenvalue weighted by molar-refractivity contribution is 0.409. The summed E-state index contributed by atoms with van der Waals surface area (Å²) in [4.78, 5) is 0. The van der Waals surface area contributed by atoms with Crippen molar-refractivity contribution in [3.63, 3.8) is 0 Å². The number of ether oxygens (including phenoxy) is 1. The zero-order valence-corrected chi connectivity index (χ0v) is 14.8. The fourth-order valence-corrected chi connectivity index (χ4v) is 2.60. The normalized spacial score (nSPS) is 10.2. The van der Waals surface area contributed by atoms with Gasteiger partial charge in [0, 0.05) is 12.2 Å². The van der Waals surface area contributed by atoms with Gasteiger partial charge in [0.25, 0.3) is 0 Å². The van der Waals surface area contributed by atoms with Crippen LogP contribution in [0.3, 0.4) is 0 Å². The van der Waals surface area contributed by atoms with Crippen LogP contribution in [0.25, 0.3) is 0 Å². The molecule has 0 aliphatic carbocycles. The number of aryl methyl sites for hydroxylation is 3. The fraction of sp³-hybridized carbons (Fsp3) is 0.316. The third kappa shape index (κ3) is 5.25. The molecular weight excluding hydrogens is 304 g/mol. The van der Waals surface area contributed by atoms with E-state index in [9.17, 15) is 0 Å². The Bertz CT molecular complexity index is 670. The van der Waals surface area contributed by atoms with Crippen LogP contribution in [0.5, 0.6) is 5.75 Å². The summed E-state index contributed by atoms with van der Waals surface area (Å²) in [5.41, 5.74) is 4.79. The number of hydrogen-bond donors (Lipinski definition) is 2. The second-order valence-electron chi connectivity index (χ2n) is 5.60. The van der Waals surface area contributed by atoms with Crippen molar-refractivity contribution in [3.8, 4) is 5.75 Å². The van der Waals surface area contributed by atoms with Crippen molar-refractivity contribution in [1.82, 2.24) is 5.32 Å². The van der Waals surface area contributed by atoms with E-state index in [1.807, 2.05) is 24.3 Å². The third-order valence-corrected chi connectivity index (χ3v) is 4.11. The van der Waals surface area contributed by atoms with E-state index in [0.717, 1.165) is 30.8 Å². The van der Waals surface area contributed by atoms with Crippen LogP contribution < -0.4 is 15.4 Å². The molecule has 0 saturated carbocycles. The maximum absolute atomic E-state index is 5.36. The molecule has 0 fully saturated rings. The molecule has 2 aromatic carbocycles. The summed E-state index contributed by atoms with van der Waals surface area (Å²) in [5, 5.41) is 7.14. The molecule has 2 N–H and O–H groups in total. The predicted molar refractivity (Wildman–Crippen MR) is 101 cm³/mol. The van der Waals surface area contributed by atoms with E-state index in [1.165, 1.54) is 16.7 Å². The van der Waals surface area contributed by atoms with E-state index in [0.29, 0.717) is 5.11 Å². The Morgan fingerprint density at radius 3 is 2.61 bits per heavy atom. The second-order valence-corrected chi connectivity index (χ2v) is 6.00. The van der Waals surface area contributed by atoms with Gasteiger partial charge in [-0.1, -0.05) is 24.3 Å². The molecule has 4 heteroatoms. The van der Waals surface area contributed by atoms with Gasteiger partial charge in [-0.15, -0.1) is 0 Å². The van der Waals surface area contributed by atoms with Gasteiger partial charge in [-0.3, -0.25) is 0 Å². The zero-order valence-electron chi connectivity index (χ0n) is 14.0. The van der Waals surface area contributed by atoms with Gasteiger partial charge in [-0.05, 0) is 73.8 Å². The van der Waals surface area contributed by atoms with Crippen LogP contribution in [0.2, 0.25) is 0 Å². The lowest BCUT2D eigenvalue weighted by atomic mass is 10.1. The van der Waals surface area contributed by atoms with Gasteiger partial charge >= 0.3 is 0 Å². The molecule has 0 unspecified atom stereocenters. The summed E-state index contributed by atoms with van der Waals surface area (Å²) in [7, 11) is 1.71. The van der Waals surface area contributed by atoms with E-state index < -0.39 is 0 Å². The number of thiocarbonyl (C=S) groups is 1. The van der Waals surface area contributed by atoms with Crippen LogP contribution >= 0.6 is 12.2 Å². The molecule has 23 heavy (non-hydrogen) atoms. The van der Waals surface area contributed by atoms with Gasteiger partial charge in [0.05, 0.1) is 7.11 Å². The number of hydrogen-bond acceptors (Lipinski definition) is 2. The second kappa shape index (κ2) is 8.53. The molecule has 0 aliphatic rings. The molecular formula is C19H24N2OS. The molecule has 122 valence electrons. The summed E-state index contributed by atoms with van der Waals surface area (Å²) in [6.45, 7) is 5.03. The Morgan fingerprint density at radius 1 is 1.09 bits per heavy atom. The van der Waals surface area contributed by atoms with Crippen LogP contribution in [0.4, 0.5) is 5.69 Å². The van der Waals surface area contributed by atoms with Crippen molar-refractivity contribution in [2.75, 3.05) is 19.0 Å². The summed E-state index contributed by atoms with van der Waals surface area (Å²) >= 11 is 5.34. The van der Waals surface area contributed by atoms with Crippen LogP contribution in [0, 0.1) is 13.8 Å². The lowest BCUT2D eigenvalue weighted by Crippen LogP contribution is -2.29. The summed E-state index contributed by atoms with van der Waals surface area (Å²) in [6, 6.07) is 14.4. The standard InChI is InChI=1S/C19H24N2OS/c1-14-10-11-17(13-15(14)2)21-19(23)20-12-6-8-16-7-4-5-9-18(16)22-3/h4-5,7,9-11,13H,6,8,12H2,1-3H3,(H2,20,21,23). The topological polar surface area (TPSA) is 33.3 Å². The quantitative estimate of drug-likeness (QED) is 0.614. The van der Waals surface area contributed by atoms with E-state index >= 15 is 0 Å². The average molecular weight is 328 g/mol. The van der Waals surface area contributed by atoms with Gasteiger partial charge < -0.3 is 15.4 Å². The first-order valence-electron chi connectivity index (χ1n) is 7.84. The highest BCUT2D eigenvalue weighted by molar-refractivity contribution is 7.80. The van der Waals surface area contributed by atoms with Gasteiger partial charge in [0.1, 0.15) is 5.75 Å². The first-order chi connectivity index (χ1) is 11.1. The van der Waals surface area contributed by atoms with Crippen LogP contribution in [0.1, 0.15) is 23.1 Å². The highest BCUT2D eigenvalue weighted by atomic mass is 32.1. The number of benzene rings is 2. The molecule has 2 rings (SSSR count). The molecule has 0 aromatic heterocycles. The first kappa shape index (κ1) is 17.3. The van der Waals surface area contributed by atoms with Crippen molar-refractivity contribution in [1.29, 1.82) is 0 Å². The molecule has 0 heterocycles. The number of anilines is 1. The highest BCUT2D eigenvalue weighted by Gasteiger charge is 2.02. The van der Waals surface area contributed by atoms with Crippen LogP contribution in [-0.4, -0.2) is 18.8 Å². The largest absolute Gasteiger partial charge is 0.496 e. The van der Waals surface area contributed by atoms with Crippen molar-refractivity contribution in [2.45, 2.75) is 26.7 Å². The smallest absolute Gasteiger partial charge is 0.170 e. The number of para-hydroxylation sites is 1. The van der Waals surface area contributed by atoms with E-state index in [4.69, 9.17) is 17.0 Å². The monoisotopic (exact) mass is 328 g/mol. The van der Waals surface area contributed by atoms with Gasteiger partial charge in [0.15, 0.2) is 5.11 Å². The van der Waals surface area contributed by atoms with Gasteiger partial charge in [0.2, 0.25) is 0 Å².